The van der Waals surface area contributed by atoms with Crippen LogP contribution in [0.5, 0.6) is 0 Å². The number of ether oxygens (including phenoxy) is 2. The molecule has 4 aromatic carbocycles. The lowest BCUT2D eigenvalue weighted by atomic mass is 10.1. The number of morpholine rings is 2. The van der Waals surface area contributed by atoms with Crippen LogP contribution in [0.25, 0.3) is 11.1 Å². The van der Waals surface area contributed by atoms with E-state index in [-0.39, 0.29) is 23.4 Å². The van der Waals surface area contributed by atoms with Crippen molar-refractivity contribution in [2.75, 3.05) is 111 Å². The fourth-order valence-electron chi connectivity index (χ4n) is 6.66. The Labute approximate surface area is 324 Å². The van der Waals surface area contributed by atoms with Crippen LogP contribution in [-0.2, 0) is 19.1 Å². The minimum Gasteiger partial charge on any atom is -0.384 e. The van der Waals surface area contributed by atoms with Crippen LogP contribution in [0.2, 0.25) is 0 Å². The summed E-state index contributed by atoms with van der Waals surface area (Å²) in [6.07, 6.45) is 3.27. The second-order valence-corrected chi connectivity index (χ2v) is 13.6. The summed E-state index contributed by atoms with van der Waals surface area (Å²) >= 11 is 0. The highest BCUT2D eigenvalue weighted by molar-refractivity contribution is 6.32. The first-order valence-corrected chi connectivity index (χ1v) is 18.8. The molecule has 6 N–H and O–H groups in total. The molecule has 4 aliphatic heterocycles. The first kappa shape index (κ1) is 38.5. The molecule has 0 atom stereocenters. The predicted octanol–water partition coefficient (Wildman–Crippen LogP) is 5.95. The van der Waals surface area contributed by atoms with Gasteiger partial charge in [-0.15, -0.1) is 0 Å². The number of rotatable bonds is 12. The fraction of sp³-hybridized carbons (Fsp3) is 0.286. The SMILES string of the molecule is O=C1Nc2cc(F)ccc2/C1=C\Nc1ccc(NCCN2CCOCC2)cc1.O=C1Nc2ccc(F)cc2/C1=C\Nc1ccc(NCCN2CCOCC2)cc1. The fourth-order valence-corrected chi connectivity index (χ4v) is 6.66. The van der Waals surface area contributed by atoms with Crippen LogP contribution < -0.4 is 31.9 Å². The highest BCUT2D eigenvalue weighted by atomic mass is 19.1. The van der Waals surface area contributed by atoms with E-state index in [1.54, 1.807) is 24.5 Å². The summed E-state index contributed by atoms with van der Waals surface area (Å²) in [5.74, 6) is -1.22. The molecule has 12 nitrogen and oxygen atoms in total. The van der Waals surface area contributed by atoms with E-state index in [2.05, 4.69) is 41.7 Å². The monoisotopic (exact) mass is 764 g/mol. The molecule has 0 saturated carbocycles. The Hall–Kier alpha value is -5.80. The number of benzene rings is 4. The molecular weight excluding hydrogens is 719 g/mol. The van der Waals surface area contributed by atoms with Crippen LogP contribution in [-0.4, -0.2) is 100 Å². The molecule has 0 aromatic heterocycles. The first-order valence-electron chi connectivity index (χ1n) is 18.8. The van der Waals surface area contributed by atoms with Crippen LogP contribution >= 0.6 is 0 Å². The maximum absolute atomic E-state index is 13.5. The first-order chi connectivity index (χ1) is 27.4. The van der Waals surface area contributed by atoms with Crippen molar-refractivity contribution in [3.63, 3.8) is 0 Å². The standard InChI is InChI=1S/2C21H23FN4O2/c22-15-1-6-20-18(13-15)19(21(27)25-20)14-24-17-4-2-16(3-5-17)23-7-8-26-9-11-28-12-10-26;22-15-1-6-18-19(21(27)25-20(18)13-15)14-24-17-4-2-16(3-5-17)23-7-8-26-9-11-28-12-10-26/h2*1-6,13-14,23-24H,7-12H2,(H,25,27)/b2*19-14+. The third kappa shape index (κ3) is 10.3. The van der Waals surface area contributed by atoms with Gasteiger partial charge in [-0.2, -0.15) is 0 Å². The topological polar surface area (TPSA) is 131 Å². The van der Waals surface area contributed by atoms with Crippen molar-refractivity contribution in [1.82, 2.24) is 9.80 Å². The summed E-state index contributed by atoms with van der Waals surface area (Å²) in [6.45, 7) is 10.9. The molecule has 0 aliphatic carbocycles. The van der Waals surface area contributed by atoms with Crippen molar-refractivity contribution in [3.8, 4) is 0 Å². The van der Waals surface area contributed by atoms with Gasteiger partial charge in [0.05, 0.1) is 43.3 Å². The van der Waals surface area contributed by atoms with E-state index in [0.29, 0.717) is 33.6 Å². The zero-order valence-corrected chi connectivity index (χ0v) is 31.0. The zero-order valence-electron chi connectivity index (χ0n) is 31.0. The molecule has 14 heteroatoms. The summed E-state index contributed by atoms with van der Waals surface area (Å²) < 4.78 is 37.5. The Morgan fingerprint density at radius 2 is 1.00 bits per heavy atom. The number of halogens is 2. The second kappa shape index (κ2) is 18.7. The summed E-state index contributed by atoms with van der Waals surface area (Å²) in [5, 5.41) is 18.5. The highest BCUT2D eigenvalue weighted by Crippen LogP contribution is 2.33. The van der Waals surface area contributed by atoms with Crippen molar-refractivity contribution < 1.29 is 27.8 Å². The summed E-state index contributed by atoms with van der Waals surface area (Å²) in [5.41, 5.74) is 7.10. The Morgan fingerprint density at radius 3 is 1.54 bits per heavy atom. The molecule has 4 aliphatic rings. The molecule has 0 unspecified atom stereocenters. The number of carbonyl (C=O) groups is 2. The van der Waals surface area contributed by atoms with E-state index in [4.69, 9.17) is 9.47 Å². The highest BCUT2D eigenvalue weighted by Gasteiger charge is 2.25. The Balaban J connectivity index is 0.000000172. The molecule has 4 aromatic rings. The van der Waals surface area contributed by atoms with Gasteiger partial charge in [0.2, 0.25) is 0 Å². The quantitative estimate of drug-likeness (QED) is 0.0964. The third-order valence-corrected chi connectivity index (χ3v) is 9.79. The van der Waals surface area contributed by atoms with Crippen LogP contribution in [0.4, 0.5) is 42.9 Å². The predicted molar refractivity (Wildman–Crippen MR) is 218 cm³/mol. The van der Waals surface area contributed by atoms with Gasteiger partial charge in [-0.05, 0) is 84.9 Å². The number of hydrogen-bond acceptors (Lipinski definition) is 10. The van der Waals surface area contributed by atoms with Crippen molar-refractivity contribution >= 4 is 57.1 Å². The van der Waals surface area contributed by atoms with Crippen LogP contribution in [0.3, 0.4) is 0 Å². The Morgan fingerprint density at radius 1 is 0.554 bits per heavy atom. The average Bonchev–Trinajstić information content (AvgIpc) is 3.70. The van der Waals surface area contributed by atoms with Crippen molar-refractivity contribution in [2.24, 2.45) is 0 Å². The average molecular weight is 765 g/mol. The number of anilines is 6. The van der Waals surface area contributed by atoms with Gasteiger partial charge in [-0.1, -0.05) is 0 Å². The molecule has 4 heterocycles. The second-order valence-electron chi connectivity index (χ2n) is 13.6. The number of nitrogens with one attached hydrogen (secondary N) is 6. The van der Waals surface area contributed by atoms with Gasteiger partial charge in [0.15, 0.2) is 0 Å². The largest absolute Gasteiger partial charge is 0.384 e. The van der Waals surface area contributed by atoms with E-state index in [9.17, 15) is 18.4 Å². The number of nitrogens with zero attached hydrogens (tertiary/aromatic N) is 2. The maximum atomic E-state index is 13.5. The van der Waals surface area contributed by atoms with Gasteiger partial charge in [-0.25, -0.2) is 8.78 Å². The van der Waals surface area contributed by atoms with E-state index >= 15 is 0 Å². The van der Waals surface area contributed by atoms with E-state index < -0.39 is 0 Å². The van der Waals surface area contributed by atoms with Crippen molar-refractivity contribution in [3.05, 3.63) is 120 Å². The van der Waals surface area contributed by atoms with E-state index in [1.165, 1.54) is 24.3 Å². The molecule has 0 radical (unpaired) electrons. The van der Waals surface area contributed by atoms with E-state index in [1.807, 2.05) is 48.5 Å². The van der Waals surface area contributed by atoms with Gasteiger partial charge in [-0.3, -0.25) is 19.4 Å². The molecule has 56 heavy (non-hydrogen) atoms. The van der Waals surface area contributed by atoms with Gasteiger partial charge in [0.25, 0.3) is 11.8 Å². The molecule has 0 bridgehead atoms. The Bertz CT molecular complexity index is 2040. The number of carbonyl (C=O) groups excluding carboxylic acids is 2. The normalized spacial score (nSPS) is 18.0. The van der Waals surface area contributed by atoms with Gasteiger partial charge in [0, 0.05) is 104 Å². The lowest BCUT2D eigenvalue weighted by molar-refractivity contribution is -0.111. The van der Waals surface area contributed by atoms with Gasteiger partial charge in [0.1, 0.15) is 11.6 Å². The molecule has 8 rings (SSSR count). The molecule has 292 valence electrons. The van der Waals surface area contributed by atoms with Crippen molar-refractivity contribution in [1.29, 1.82) is 0 Å². The molecule has 2 fully saturated rings. The van der Waals surface area contributed by atoms with Gasteiger partial charge < -0.3 is 41.4 Å². The summed E-state index contributed by atoms with van der Waals surface area (Å²) in [6, 6.07) is 24.3. The number of hydrogen-bond donors (Lipinski definition) is 6. The van der Waals surface area contributed by atoms with Crippen molar-refractivity contribution in [2.45, 2.75) is 0 Å². The smallest absolute Gasteiger partial charge is 0.257 e. The molecule has 2 amide bonds. The van der Waals surface area contributed by atoms with Crippen LogP contribution in [0.1, 0.15) is 11.1 Å². The minimum atomic E-state index is -0.370. The molecular formula is C42H46F2N8O4. The summed E-state index contributed by atoms with van der Waals surface area (Å²) in [4.78, 5) is 29.0. The van der Waals surface area contributed by atoms with Crippen LogP contribution in [0.15, 0.2) is 97.3 Å². The number of fused-ring (bicyclic) bond motifs is 2. The lowest BCUT2D eigenvalue weighted by Gasteiger charge is -2.26. The van der Waals surface area contributed by atoms with Gasteiger partial charge >= 0.3 is 0 Å². The zero-order chi connectivity index (χ0) is 38.7. The minimum absolute atomic E-state index is 0.241. The third-order valence-electron chi connectivity index (χ3n) is 9.79. The maximum Gasteiger partial charge on any atom is 0.257 e. The summed E-state index contributed by atoms with van der Waals surface area (Å²) in [7, 11) is 0. The molecule has 2 saturated heterocycles. The molecule has 0 spiro atoms. The van der Waals surface area contributed by atoms with E-state index in [0.717, 1.165) is 102 Å². The lowest BCUT2D eigenvalue weighted by Crippen LogP contribution is -2.38. The number of amides is 2. The Kier molecular flexibility index (Phi) is 12.8. The van der Waals surface area contributed by atoms with Crippen LogP contribution in [0, 0.1) is 11.6 Å².